The first-order chi connectivity index (χ1) is 6.68. The molecule has 2 rings (SSSR count). The lowest BCUT2D eigenvalue weighted by atomic mass is 9.98. The van der Waals surface area contributed by atoms with Gasteiger partial charge in [0.05, 0.1) is 6.04 Å². The molecule has 14 heavy (non-hydrogen) atoms. The molecule has 3 heteroatoms. The lowest BCUT2D eigenvalue weighted by Gasteiger charge is -2.13. The van der Waals surface area contributed by atoms with E-state index in [2.05, 4.69) is 36.6 Å². The van der Waals surface area contributed by atoms with E-state index in [-0.39, 0.29) is 12.1 Å². The number of benzene rings is 1. The normalized spacial score (nSPS) is 20.4. The van der Waals surface area contributed by atoms with Crippen molar-refractivity contribution in [1.29, 1.82) is 0 Å². The summed E-state index contributed by atoms with van der Waals surface area (Å²) in [6.45, 7) is 4.86. The molecule has 0 bridgehead atoms. The lowest BCUT2D eigenvalue weighted by molar-refractivity contribution is 0.247. The Morgan fingerprint density at radius 2 is 2.14 bits per heavy atom. The molecule has 1 heterocycles. The van der Waals surface area contributed by atoms with E-state index < -0.39 is 0 Å². The predicted molar refractivity (Wildman–Crippen MR) is 55.2 cm³/mol. The summed E-state index contributed by atoms with van der Waals surface area (Å²) in [4.78, 5) is 11.0. The first kappa shape index (κ1) is 9.06. The van der Waals surface area contributed by atoms with Crippen LogP contribution < -0.4 is 10.6 Å². The highest BCUT2D eigenvalue weighted by Crippen LogP contribution is 2.21. The zero-order valence-corrected chi connectivity index (χ0v) is 8.42. The van der Waals surface area contributed by atoms with Gasteiger partial charge in [0, 0.05) is 6.54 Å². The van der Waals surface area contributed by atoms with E-state index in [0.29, 0.717) is 6.54 Å². The third-order valence-electron chi connectivity index (χ3n) is 2.79. The van der Waals surface area contributed by atoms with Crippen molar-refractivity contribution in [1.82, 2.24) is 10.6 Å². The molecule has 1 aromatic carbocycles. The lowest BCUT2D eigenvalue weighted by Crippen LogP contribution is -2.22. The van der Waals surface area contributed by atoms with Crippen molar-refractivity contribution in [2.24, 2.45) is 0 Å². The molecule has 0 saturated carbocycles. The van der Waals surface area contributed by atoms with Crippen molar-refractivity contribution in [2.45, 2.75) is 19.9 Å². The minimum atomic E-state index is -0.0732. The second-order valence-electron chi connectivity index (χ2n) is 3.70. The van der Waals surface area contributed by atoms with Gasteiger partial charge in [-0.2, -0.15) is 0 Å². The van der Waals surface area contributed by atoms with Crippen molar-refractivity contribution < 1.29 is 4.79 Å². The molecular formula is C11H14N2O. The number of carbonyl (C=O) groups is 1. The van der Waals surface area contributed by atoms with E-state index in [4.69, 9.17) is 0 Å². The molecule has 0 spiro atoms. The molecule has 1 saturated heterocycles. The fraction of sp³-hybridized carbons (Fsp3) is 0.364. The smallest absolute Gasteiger partial charge is 0.315 e. The fourth-order valence-electron chi connectivity index (χ4n) is 1.79. The maximum atomic E-state index is 11.0. The van der Waals surface area contributed by atoms with Gasteiger partial charge in [0.2, 0.25) is 0 Å². The second kappa shape index (κ2) is 3.33. The fourth-order valence-corrected chi connectivity index (χ4v) is 1.79. The Morgan fingerprint density at radius 3 is 2.79 bits per heavy atom. The van der Waals surface area contributed by atoms with Crippen molar-refractivity contribution in [3.05, 3.63) is 34.9 Å². The molecule has 2 amide bonds. The molecule has 0 aliphatic carbocycles. The van der Waals surface area contributed by atoms with Crippen LogP contribution in [0.5, 0.6) is 0 Å². The van der Waals surface area contributed by atoms with Crippen LogP contribution in [-0.4, -0.2) is 12.6 Å². The van der Waals surface area contributed by atoms with E-state index >= 15 is 0 Å². The van der Waals surface area contributed by atoms with Crippen molar-refractivity contribution in [2.75, 3.05) is 6.54 Å². The van der Waals surface area contributed by atoms with E-state index in [9.17, 15) is 4.79 Å². The summed E-state index contributed by atoms with van der Waals surface area (Å²) in [6, 6.07) is 6.24. The Bertz CT molecular complexity index is 374. The third kappa shape index (κ3) is 1.45. The quantitative estimate of drug-likeness (QED) is 0.694. The zero-order valence-electron chi connectivity index (χ0n) is 8.42. The summed E-state index contributed by atoms with van der Waals surface area (Å²) in [7, 11) is 0. The SMILES string of the molecule is Cc1cccc([C@@H]2CNC(=O)N2)c1C. The molecule has 0 unspecified atom stereocenters. The number of rotatable bonds is 1. The van der Waals surface area contributed by atoms with Crippen LogP contribution >= 0.6 is 0 Å². The number of aryl methyl sites for hydroxylation is 1. The van der Waals surface area contributed by atoms with Gasteiger partial charge in [-0.3, -0.25) is 0 Å². The highest BCUT2D eigenvalue weighted by atomic mass is 16.2. The first-order valence-electron chi connectivity index (χ1n) is 4.79. The second-order valence-corrected chi connectivity index (χ2v) is 3.70. The number of urea groups is 1. The summed E-state index contributed by atoms with van der Waals surface area (Å²) < 4.78 is 0. The van der Waals surface area contributed by atoms with Crippen LogP contribution in [0.25, 0.3) is 0 Å². The van der Waals surface area contributed by atoms with Crippen LogP contribution in [0.15, 0.2) is 18.2 Å². The van der Waals surface area contributed by atoms with Gasteiger partial charge in [0.1, 0.15) is 0 Å². The molecule has 1 aliphatic rings. The van der Waals surface area contributed by atoms with Crippen LogP contribution in [0.3, 0.4) is 0 Å². The number of carbonyl (C=O) groups excluding carboxylic acids is 1. The molecular weight excluding hydrogens is 176 g/mol. The summed E-state index contributed by atoms with van der Waals surface area (Å²) in [5.74, 6) is 0. The third-order valence-corrected chi connectivity index (χ3v) is 2.79. The Hall–Kier alpha value is -1.51. The average molecular weight is 190 g/mol. The molecule has 74 valence electrons. The van der Waals surface area contributed by atoms with Crippen LogP contribution in [0.2, 0.25) is 0 Å². The minimum Gasteiger partial charge on any atom is -0.336 e. The van der Waals surface area contributed by atoms with E-state index in [1.807, 2.05) is 6.07 Å². The topological polar surface area (TPSA) is 41.1 Å². The predicted octanol–water partition coefficient (Wildman–Crippen LogP) is 1.66. The van der Waals surface area contributed by atoms with E-state index in [0.717, 1.165) is 0 Å². The van der Waals surface area contributed by atoms with Crippen molar-refractivity contribution in [3.63, 3.8) is 0 Å². The van der Waals surface area contributed by atoms with Gasteiger partial charge in [-0.15, -0.1) is 0 Å². The van der Waals surface area contributed by atoms with Crippen molar-refractivity contribution >= 4 is 6.03 Å². The number of amides is 2. The Balaban J connectivity index is 2.32. The van der Waals surface area contributed by atoms with Gasteiger partial charge in [0.15, 0.2) is 0 Å². The van der Waals surface area contributed by atoms with Crippen molar-refractivity contribution in [3.8, 4) is 0 Å². The Labute approximate surface area is 83.5 Å². The molecule has 1 aromatic rings. The maximum absolute atomic E-state index is 11.0. The van der Waals surface area contributed by atoms with Crippen LogP contribution in [-0.2, 0) is 0 Å². The molecule has 0 radical (unpaired) electrons. The number of hydrogen-bond acceptors (Lipinski definition) is 1. The molecule has 2 N–H and O–H groups in total. The monoisotopic (exact) mass is 190 g/mol. The Kier molecular flexibility index (Phi) is 2.15. The van der Waals surface area contributed by atoms with E-state index in [1.165, 1.54) is 16.7 Å². The Morgan fingerprint density at radius 1 is 1.36 bits per heavy atom. The van der Waals surface area contributed by atoms with Gasteiger partial charge in [-0.25, -0.2) is 4.79 Å². The molecule has 1 fully saturated rings. The minimum absolute atomic E-state index is 0.0732. The molecule has 3 nitrogen and oxygen atoms in total. The summed E-state index contributed by atoms with van der Waals surface area (Å²) >= 11 is 0. The number of nitrogens with one attached hydrogen (secondary N) is 2. The maximum Gasteiger partial charge on any atom is 0.315 e. The van der Waals surface area contributed by atoms with Gasteiger partial charge < -0.3 is 10.6 Å². The molecule has 1 aliphatic heterocycles. The van der Waals surface area contributed by atoms with Crippen LogP contribution in [0.1, 0.15) is 22.7 Å². The standard InChI is InChI=1S/C11H14N2O/c1-7-4-3-5-9(8(7)2)10-6-12-11(14)13-10/h3-5,10H,6H2,1-2H3,(H2,12,13,14)/t10-/m0/s1. The van der Waals surface area contributed by atoms with Crippen LogP contribution in [0, 0.1) is 13.8 Å². The van der Waals surface area contributed by atoms with E-state index in [1.54, 1.807) is 0 Å². The summed E-state index contributed by atoms with van der Waals surface area (Å²) in [5.41, 5.74) is 3.74. The van der Waals surface area contributed by atoms with Gasteiger partial charge in [-0.1, -0.05) is 18.2 Å². The summed E-state index contributed by atoms with van der Waals surface area (Å²) in [6.07, 6.45) is 0. The summed E-state index contributed by atoms with van der Waals surface area (Å²) in [5, 5.41) is 5.65. The van der Waals surface area contributed by atoms with Gasteiger partial charge >= 0.3 is 6.03 Å². The molecule has 0 aromatic heterocycles. The highest BCUT2D eigenvalue weighted by Gasteiger charge is 2.22. The van der Waals surface area contributed by atoms with Gasteiger partial charge in [0.25, 0.3) is 0 Å². The first-order valence-corrected chi connectivity index (χ1v) is 4.79. The number of hydrogen-bond donors (Lipinski definition) is 2. The largest absolute Gasteiger partial charge is 0.336 e. The average Bonchev–Trinajstić information content (AvgIpc) is 2.57. The molecule has 1 atom stereocenters. The highest BCUT2D eigenvalue weighted by molar-refractivity contribution is 5.77. The van der Waals surface area contributed by atoms with Crippen LogP contribution in [0.4, 0.5) is 4.79 Å². The zero-order chi connectivity index (χ0) is 10.1. The van der Waals surface area contributed by atoms with Gasteiger partial charge in [-0.05, 0) is 30.5 Å².